The minimum atomic E-state index is -3.71. The summed E-state index contributed by atoms with van der Waals surface area (Å²) in [4.78, 5) is 29.6. The van der Waals surface area contributed by atoms with Crippen LogP contribution in [0.5, 0.6) is 0 Å². The number of anilines is 2. The van der Waals surface area contributed by atoms with Gasteiger partial charge in [0.25, 0.3) is 5.91 Å². The van der Waals surface area contributed by atoms with Crippen LogP contribution in [0.15, 0.2) is 87.5 Å². The van der Waals surface area contributed by atoms with Crippen LogP contribution in [0.25, 0.3) is 0 Å². The largest absolute Gasteiger partial charge is 0.452 e. The summed E-state index contributed by atoms with van der Waals surface area (Å²) in [5.41, 5.74) is 1.55. The van der Waals surface area contributed by atoms with E-state index < -0.39 is 28.5 Å². The molecule has 0 spiro atoms. The molecule has 0 aromatic heterocycles. The van der Waals surface area contributed by atoms with Crippen LogP contribution in [0, 0.1) is 0 Å². The van der Waals surface area contributed by atoms with E-state index in [1.807, 2.05) is 48.5 Å². The number of nitrogens with zero attached hydrogens (tertiary/aromatic N) is 2. The zero-order valence-corrected chi connectivity index (χ0v) is 21.3. The van der Waals surface area contributed by atoms with Gasteiger partial charge in [0, 0.05) is 22.9 Å². The van der Waals surface area contributed by atoms with Crippen molar-refractivity contribution in [1.82, 2.24) is 4.31 Å². The van der Waals surface area contributed by atoms with E-state index in [0.29, 0.717) is 13.1 Å². The number of ether oxygens (including phenoxy) is 1. The molecule has 1 amide bonds. The van der Waals surface area contributed by atoms with E-state index in [2.05, 4.69) is 0 Å². The highest BCUT2D eigenvalue weighted by Gasteiger charge is 2.29. The molecule has 0 saturated carbocycles. The number of sulfonamides is 1. The van der Waals surface area contributed by atoms with Gasteiger partial charge in [-0.05, 0) is 55.3 Å². The number of rotatable bonds is 5. The highest BCUT2D eigenvalue weighted by Crippen LogP contribution is 2.47. The average molecular weight is 523 g/mol. The van der Waals surface area contributed by atoms with Crippen molar-refractivity contribution in [3.63, 3.8) is 0 Å². The van der Waals surface area contributed by atoms with Crippen molar-refractivity contribution in [2.24, 2.45) is 0 Å². The van der Waals surface area contributed by atoms with Crippen LogP contribution >= 0.6 is 11.8 Å². The number of esters is 1. The van der Waals surface area contributed by atoms with Crippen LogP contribution in [0.4, 0.5) is 11.4 Å². The summed E-state index contributed by atoms with van der Waals surface area (Å²) in [5.74, 6) is -1.14. The van der Waals surface area contributed by atoms with Crippen LogP contribution < -0.4 is 4.90 Å². The first kappa shape index (κ1) is 24.5. The number of hydrogen-bond donors (Lipinski definition) is 0. The van der Waals surface area contributed by atoms with Crippen LogP contribution in [-0.2, 0) is 19.6 Å². The minimum absolute atomic E-state index is 0.0566. The van der Waals surface area contributed by atoms with Crippen LogP contribution in [0.3, 0.4) is 0 Å². The molecule has 9 heteroatoms. The summed E-state index contributed by atoms with van der Waals surface area (Å²) < 4.78 is 33.1. The summed E-state index contributed by atoms with van der Waals surface area (Å²) in [6, 6.07) is 21.0. The Morgan fingerprint density at radius 2 is 1.42 bits per heavy atom. The Morgan fingerprint density at radius 3 is 2.06 bits per heavy atom. The maximum Gasteiger partial charge on any atom is 0.338 e. The first-order chi connectivity index (χ1) is 17.4. The highest BCUT2D eigenvalue weighted by atomic mass is 32.2. The molecule has 1 fully saturated rings. The van der Waals surface area contributed by atoms with Crippen molar-refractivity contribution < 1.29 is 22.7 Å². The second-order valence-corrected chi connectivity index (χ2v) is 11.7. The molecule has 0 bridgehead atoms. The maximum absolute atomic E-state index is 13.3. The first-order valence-electron chi connectivity index (χ1n) is 11.9. The van der Waals surface area contributed by atoms with Crippen molar-refractivity contribution in [2.45, 2.75) is 40.4 Å². The lowest BCUT2D eigenvalue weighted by Gasteiger charge is -2.30. The third-order valence-corrected chi connectivity index (χ3v) is 9.31. The van der Waals surface area contributed by atoms with Gasteiger partial charge in [-0.25, -0.2) is 13.2 Å². The topological polar surface area (TPSA) is 84.0 Å². The number of hydrogen-bond acceptors (Lipinski definition) is 6. The highest BCUT2D eigenvalue weighted by molar-refractivity contribution is 7.99. The molecule has 3 aromatic rings. The van der Waals surface area contributed by atoms with E-state index in [9.17, 15) is 18.0 Å². The van der Waals surface area contributed by atoms with Gasteiger partial charge >= 0.3 is 5.97 Å². The summed E-state index contributed by atoms with van der Waals surface area (Å²) in [6.45, 7) is 0.473. The summed E-state index contributed by atoms with van der Waals surface area (Å²) >= 11 is 1.58. The fraction of sp³-hybridized carbons (Fsp3) is 0.259. The quantitative estimate of drug-likeness (QED) is 0.426. The molecule has 36 heavy (non-hydrogen) atoms. The number of benzene rings is 3. The van der Waals surface area contributed by atoms with E-state index in [0.717, 1.165) is 46.8 Å². The smallest absolute Gasteiger partial charge is 0.338 e. The molecule has 2 heterocycles. The van der Waals surface area contributed by atoms with Gasteiger partial charge in [-0.1, -0.05) is 54.9 Å². The molecule has 0 atom stereocenters. The Labute approximate surface area is 215 Å². The minimum Gasteiger partial charge on any atom is -0.452 e. The molecular formula is C27H26N2O5S2. The molecule has 2 aliphatic rings. The molecule has 0 radical (unpaired) electrons. The average Bonchev–Trinajstić information content (AvgIpc) is 3.20. The predicted molar refractivity (Wildman–Crippen MR) is 138 cm³/mol. The van der Waals surface area contributed by atoms with Gasteiger partial charge in [-0.3, -0.25) is 9.69 Å². The van der Waals surface area contributed by atoms with E-state index >= 15 is 0 Å². The number of para-hydroxylation sites is 2. The van der Waals surface area contributed by atoms with Crippen LogP contribution in [0.2, 0.25) is 0 Å². The normalized spacial score (nSPS) is 15.9. The van der Waals surface area contributed by atoms with Gasteiger partial charge < -0.3 is 4.74 Å². The standard InChI is InChI=1S/C27H26N2O5S2/c30-26(29-22-12-3-5-14-24(22)35-25-15-6-4-13-23(25)29)19-34-27(31)20-10-9-11-21(18-20)36(32,33)28-16-7-1-2-8-17-28/h3-6,9-15,18H,1-2,7-8,16-17,19H2. The zero-order chi connectivity index (χ0) is 25.1. The van der Waals surface area contributed by atoms with E-state index in [4.69, 9.17) is 4.74 Å². The van der Waals surface area contributed by atoms with Gasteiger partial charge in [0.15, 0.2) is 6.61 Å². The maximum atomic E-state index is 13.3. The lowest BCUT2D eigenvalue weighted by molar-refractivity contribution is -0.121. The van der Waals surface area contributed by atoms with Gasteiger partial charge in [0.2, 0.25) is 10.0 Å². The fourth-order valence-electron chi connectivity index (χ4n) is 4.46. The van der Waals surface area contributed by atoms with Gasteiger partial charge in [-0.15, -0.1) is 0 Å². The Hall–Kier alpha value is -3.14. The molecule has 5 rings (SSSR count). The molecule has 0 N–H and O–H groups in total. The van der Waals surface area contributed by atoms with Crippen LogP contribution in [-0.4, -0.2) is 44.3 Å². The van der Waals surface area contributed by atoms with Crippen molar-refractivity contribution >= 4 is 45.0 Å². The zero-order valence-electron chi connectivity index (χ0n) is 19.6. The Bertz CT molecular complexity index is 1350. The van der Waals surface area contributed by atoms with Gasteiger partial charge in [0.05, 0.1) is 21.8 Å². The van der Waals surface area contributed by atoms with Gasteiger partial charge in [-0.2, -0.15) is 4.31 Å². The van der Waals surface area contributed by atoms with E-state index in [1.54, 1.807) is 16.7 Å². The summed E-state index contributed by atoms with van der Waals surface area (Å²) in [6.07, 6.45) is 3.67. The lowest BCUT2D eigenvalue weighted by Crippen LogP contribution is -2.33. The number of carbonyl (C=O) groups excluding carboxylic acids is 2. The summed E-state index contributed by atoms with van der Waals surface area (Å²) in [7, 11) is -3.71. The molecule has 186 valence electrons. The lowest BCUT2D eigenvalue weighted by atomic mass is 10.2. The second kappa shape index (κ2) is 10.5. The molecule has 0 unspecified atom stereocenters. The third kappa shape index (κ3) is 4.91. The number of amides is 1. The Morgan fingerprint density at radius 1 is 0.806 bits per heavy atom. The first-order valence-corrected chi connectivity index (χ1v) is 14.2. The van der Waals surface area contributed by atoms with Crippen molar-refractivity contribution in [2.75, 3.05) is 24.6 Å². The van der Waals surface area contributed by atoms with Crippen molar-refractivity contribution in [3.05, 3.63) is 78.4 Å². The number of carbonyl (C=O) groups is 2. The SMILES string of the molecule is O=C(OCC(=O)N1c2ccccc2Sc2ccccc21)c1cccc(S(=O)(=O)N2CCCCCC2)c1. The van der Waals surface area contributed by atoms with E-state index in [1.165, 1.54) is 28.6 Å². The molecule has 1 saturated heterocycles. The predicted octanol–water partition coefficient (Wildman–Crippen LogP) is 5.24. The Balaban J connectivity index is 1.32. The molecule has 0 aliphatic carbocycles. The summed E-state index contributed by atoms with van der Waals surface area (Å²) in [5, 5.41) is 0. The molecule has 3 aromatic carbocycles. The third-order valence-electron chi connectivity index (χ3n) is 6.28. The fourth-order valence-corrected chi connectivity index (χ4v) is 7.08. The number of fused-ring (bicyclic) bond motifs is 2. The molecule has 7 nitrogen and oxygen atoms in total. The Kier molecular flexibility index (Phi) is 7.13. The van der Waals surface area contributed by atoms with Gasteiger partial charge in [0.1, 0.15) is 0 Å². The monoisotopic (exact) mass is 522 g/mol. The van der Waals surface area contributed by atoms with Crippen molar-refractivity contribution in [1.29, 1.82) is 0 Å². The van der Waals surface area contributed by atoms with E-state index in [-0.39, 0.29) is 10.5 Å². The van der Waals surface area contributed by atoms with Crippen molar-refractivity contribution in [3.8, 4) is 0 Å². The molecular weight excluding hydrogens is 496 g/mol. The molecule has 2 aliphatic heterocycles. The van der Waals surface area contributed by atoms with Crippen LogP contribution in [0.1, 0.15) is 36.0 Å². The second-order valence-electron chi connectivity index (χ2n) is 8.69.